The average Bonchev–Trinajstić information content (AvgIpc) is 3.04. The number of benzene rings is 2. The Balaban J connectivity index is 1.81. The van der Waals surface area contributed by atoms with Gasteiger partial charge in [-0.3, -0.25) is 4.79 Å². The van der Waals surface area contributed by atoms with Gasteiger partial charge in [0, 0.05) is 0 Å². The van der Waals surface area contributed by atoms with Gasteiger partial charge in [-0.25, -0.2) is 9.79 Å². The van der Waals surface area contributed by atoms with Gasteiger partial charge in [-0.05, 0) is 73.6 Å². The first-order valence-electron chi connectivity index (χ1n) is 9.10. The Morgan fingerprint density at radius 2 is 1.97 bits per heavy atom. The zero-order valence-electron chi connectivity index (χ0n) is 16.3. The summed E-state index contributed by atoms with van der Waals surface area (Å²) in [6, 6.07) is 11.3. The number of aliphatic imine (C=N–C) groups is 1. The van der Waals surface area contributed by atoms with E-state index in [1.165, 1.54) is 30.8 Å². The number of nitrogens with one attached hydrogen (secondary N) is 1. The number of aliphatic carboxylic acids is 1. The van der Waals surface area contributed by atoms with Crippen LogP contribution in [0.15, 0.2) is 52.4 Å². The van der Waals surface area contributed by atoms with Crippen molar-refractivity contribution >= 4 is 40.6 Å². The summed E-state index contributed by atoms with van der Waals surface area (Å²) in [6.45, 7) is 3.61. The zero-order valence-corrected chi connectivity index (χ0v) is 17.1. The molecule has 1 saturated heterocycles. The lowest BCUT2D eigenvalue weighted by Gasteiger charge is -2.15. The fourth-order valence-corrected chi connectivity index (χ4v) is 3.34. The van der Waals surface area contributed by atoms with Gasteiger partial charge >= 0.3 is 5.97 Å². The maximum atomic E-state index is 12.3. The van der Waals surface area contributed by atoms with Gasteiger partial charge in [0.05, 0.1) is 17.2 Å². The third-order valence-corrected chi connectivity index (χ3v) is 4.86. The van der Waals surface area contributed by atoms with E-state index < -0.39 is 12.1 Å². The lowest BCUT2D eigenvalue weighted by atomic mass is 10.2. The van der Waals surface area contributed by atoms with E-state index in [0.29, 0.717) is 39.4 Å². The smallest absolute Gasteiger partial charge is 0.344 e. The number of amides is 1. The maximum absolute atomic E-state index is 12.3. The van der Waals surface area contributed by atoms with Crippen LogP contribution in [0.25, 0.3) is 6.08 Å². The number of carbonyl (C=O) groups is 2. The van der Waals surface area contributed by atoms with E-state index in [4.69, 9.17) is 14.6 Å². The van der Waals surface area contributed by atoms with Crippen LogP contribution in [-0.4, -0.2) is 40.0 Å². The number of carboxylic acids is 1. The molecule has 8 nitrogen and oxygen atoms in total. The Hall–Kier alpha value is -3.46. The van der Waals surface area contributed by atoms with Gasteiger partial charge in [0.25, 0.3) is 5.91 Å². The number of ether oxygens (including phenoxy) is 2. The van der Waals surface area contributed by atoms with E-state index in [1.54, 1.807) is 36.4 Å². The molecule has 1 aliphatic heterocycles. The monoisotopic (exact) mass is 428 g/mol. The van der Waals surface area contributed by atoms with Crippen LogP contribution in [-0.2, 0) is 9.59 Å². The summed E-state index contributed by atoms with van der Waals surface area (Å²) in [5.74, 6) is -0.523. The van der Waals surface area contributed by atoms with Crippen molar-refractivity contribution in [2.75, 3.05) is 6.61 Å². The summed E-state index contributed by atoms with van der Waals surface area (Å²) in [5, 5.41) is 21.5. The minimum absolute atomic E-state index is 0.137. The molecule has 1 fully saturated rings. The van der Waals surface area contributed by atoms with Crippen LogP contribution in [0.2, 0.25) is 0 Å². The Labute approximate surface area is 177 Å². The standard InChI is InChI=1S/C21H20N2O6S/c1-3-28-17-10-13(4-9-16(17)29-12(2)20(26)27)11-18-19(25)23-21(30-18)22-14-5-7-15(24)8-6-14/h4-12,24H,3H2,1-2H3,(H,26,27)(H,22,23,25)/b18-11+. The molecule has 3 rings (SSSR count). The highest BCUT2D eigenvalue weighted by Crippen LogP contribution is 2.33. The van der Waals surface area contributed by atoms with E-state index >= 15 is 0 Å². The molecule has 1 atom stereocenters. The number of amidine groups is 1. The first-order valence-corrected chi connectivity index (χ1v) is 9.92. The molecule has 1 heterocycles. The lowest BCUT2D eigenvalue weighted by Crippen LogP contribution is -2.23. The Morgan fingerprint density at radius 1 is 1.23 bits per heavy atom. The van der Waals surface area contributed by atoms with Gasteiger partial charge in [-0.2, -0.15) is 0 Å². The summed E-state index contributed by atoms with van der Waals surface area (Å²) in [4.78, 5) is 28.1. The summed E-state index contributed by atoms with van der Waals surface area (Å²) in [7, 11) is 0. The topological polar surface area (TPSA) is 117 Å². The molecule has 0 saturated carbocycles. The molecule has 2 aromatic carbocycles. The molecule has 1 aliphatic rings. The van der Waals surface area contributed by atoms with Crippen molar-refractivity contribution < 1.29 is 29.3 Å². The number of hydrogen-bond acceptors (Lipinski definition) is 7. The highest BCUT2D eigenvalue weighted by molar-refractivity contribution is 8.18. The number of carboxylic acid groups (broad SMARTS) is 1. The molecule has 3 N–H and O–H groups in total. The molecular formula is C21H20N2O6S. The van der Waals surface area contributed by atoms with E-state index in [1.807, 2.05) is 6.92 Å². The highest BCUT2D eigenvalue weighted by atomic mass is 32.2. The Bertz CT molecular complexity index is 1020. The van der Waals surface area contributed by atoms with Crippen LogP contribution in [0.5, 0.6) is 17.2 Å². The largest absolute Gasteiger partial charge is 0.508 e. The number of aromatic hydroxyl groups is 1. The fourth-order valence-electron chi connectivity index (χ4n) is 2.50. The van der Waals surface area contributed by atoms with Crippen molar-refractivity contribution in [3.05, 3.63) is 52.9 Å². The van der Waals surface area contributed by atoms with Gasteiger partial charge < -0.3 is 25.0 Å². The number of phenolic OH excluding ortho intramolecular Hbond substituents is 1. The molecule has 0 aliphatic carbocycles. The van der Waals surface area contributed by atoms with Crippen molar-refractivity contribution in [1.29, 1.82) is 0 Å². The summed E-state index contributed by atoms with van der Waals surface area (Å²) < 4.78 is 11.0. The van der Waals surface area contributed by atoms with Gasteiger partial charge in [0.2, 0.25) is 0 Å². The van der Waals surface area contributed by atoms with Gasteiger partial charge in [0.1, 0.15) is 5.75 Å². The predicted octanol–water partition coefficient (Wildman–Crippen LogP) is 3.53. The third-order valence-electron chi connectivity index (χ3n) is 3.95. The van der Waals surface area contributed by atoms with Gasteiger partial charge in [-0.1, -0.05) is 6.07 Å². The SMILES string of the molecule is CCOc1cc(/C=C2/SC(=Nc3ccc(O)cc3)NC2=O)ccc1OC(C)C(=O)O. The molecule has 1 amide bonds. The molecule has 1 unspecified atom stereocenters. The van der Waals surface area contributed by atoms with Crippen molar-refractivity contribution in [1.82, 2.24) is 5.32 Å². The summed E-state index contributed by atoms with van der Waals surface area (Å²) in [5.41, 5.74) is 1.29. The van der Waals surface area contributed by atoms with E-state index in [0.717, 1.165) is 0 Å². The Morgan fingerprint density at radius 3 is 2.63 bits per heavy atom. The molecule has 30 heavy (non-hydrogen) atoms. The van der Waals surface area contributed by atoms with Gasteiger partial charge in [-0.15, -0.1) is 0 Å². The van der Waals surface area contributed by atoms with Crippen molar-refractivity contribution in [2.24, 2.45) is 4.99 Å². The maximum Gasteiger partial charge on any atom is 0.344 e. The van der Waals surface area contributed by atoms with Crippen molar-refractivity contribution in [3.63, 3.8) is 0 Å². The second-order valence-electron chi connectivity index (χ2n) is 6.24. The van der Waals surface area contributed by atoms with Crippen LogP contribution < -0.4 is 14.8 Å². The third kappa shape index (κ3) is 5.32. The number of thioether (sulfide) groups is 1. The normalized spacial score (nSPS) is 17.1. The van der Waals surface area contributed by atoms with Crippen molar-refractivity contribution in [3.8, 4) is 17.2 Å². The summed E-state index contributed by atoms with van der Waals surface area (Å²) in [6.07, 6.45) is 0.662. The van der Waals surface area contributed by atoms with E-state index in [-0.39, 0.29) is 11.7 Å². The summed E-state index contributed by atoms with van der Waals surface area (Å²) >= 11 is 1.19. The van der Waals surface area contributed by atoms with Crippen LogP contribution in [0.4, 0.5) is 5.69 Å². The number of nitrogens with zero attached hydrogens (tertiary/aromatic N) is 1. The second-order valence-corrected chi connectivity index (χ2v) is 7.27. The van der Waals surface area contributed by atoms with Crippen LogP contribution in [0.3, 0.4) is 0 Å². The second kappa shape index (κ2) is 9.36. The number of hydrogen-bond donors (Lipinski definition) is 3. The Kier molecular flexibility index (Phi) is 6.63. The van der Waals surface area contributed by atoms with Crippen LogP contribution >= 0.6 is 11.8 Å². The fraction of sp³-hybridized carbons (Fsp3) is 0.190. The number of rotatable bonds is 7. The van der Waals surface area contributed by atoms with Crippen molar-refractivity contribution in [2.45, 2.75) is 20.0 Å². The molecule has 9 heteroatoms. The zero-order chi connectivity index (χ0) is 21.7. The molecule has 0 bridgehead atoms. The minimum atomic E-state index is -1.08. The number of phenols is 1. The molecule has 2 aromatic rings. The molecule has 156 valence electrons. The van der Waals surface area contributed by atoms with E-state index in [2.05, 4.69) is 10.3 Å². The average molecular weight is 428 g/mol. The molecule has 0 aromatic heterocycles. The quantitative estimate of drug-likeness (QED) is 0.578. The lowest BCUT2D eigenvalue weighted by molar-refractivity contribution is -0.144. The van der Waals surface area contributed by atoms with Crippen LogP contribution in [0.1, 0.15) is 19.4 Å². The first-order chi connectivity index (χ1) is 14.4. The first kappa shape index (κ1) is 21.3. The number of carbonyl (C=O) groups excluding carboxylic acids is 1. The predicted molar refractivity (Wildman–Crippen MR) is 114 cm³/mol. The minimum Gasteiger partial charge on any atom is -0.508 e. The molecular weight excluding hydrogens is 408 g/mol. The van der Waals surface area contributed by atoms with Crippen LogP contribution in [0, 0.1) is 0 Å². The van der Waals surface area contributed by atoms with Gasteiger partial charge in [0.15, 0.2) is 22.8 Å². The molecule has 0 spiro atoms. The molecule has 0 radical (unpaired) electrons. The van der Waals surface area contributed by atoms with E-state index in [9.17, 15) is 14.7 Å². The highest BCUT2D eigenvalue weighted by Gasteiger charge is 2.24.